The maximum Gasteiger partial charge on any atom is 0.0334 e. The van der Waals surface area contributed by atoms with E-state index in [1.807, 2.05) is 11.3 Å². The number of nitrogens with zero attached hydrogens (tertiary/aromatic N) is 1. The van der Waals surface area contributed by atoms with Gasteiger partial charge in [-0.25, -0.2) is 0 Å². The molecule has 0 saturated carbocycles. The molecule has 1 fully saturated rings. The van der Waals surface area contributed by atoms with E-state index in [1.165, 1.54) is 17.8 Å². The molecule has 1 atom stereocenters. The van der Waals surface area contributed by atoms with Crippen molar-refractivity contribution in [3.63, 3.8) is 0 Å². The van der Waals surface area contributed by atoms with Gasteiger partial charge in [-0.05, 0) is 24.8 Å². The van der Waals surface area contributed by atoms with Crippen LogP contribution in [0.3, 0.4) is 0 Å². The average Bonchev–Trinajstić information content (AvgIpc) is 2.74. The molecule has 0 aliphatic carbocycles. The van der Waals surface area contributed by atoms with Crippen LogP contribution in [0.4, 0.5) is 0 Å². The van der Waals surface area contributed by atoms with Crippen molar-refractivity contribution in [2.75, 3.05) is 19.6 Å². The van der Waals surface area contributed by atoms with Gasteiger partial charge in [-0.15, -0.1) is 11.3 Å². The third-order valence-electron chi connectivity index (χ3n) is 3.52. The lowest BCUT2D eigenvalue weighted by Gasteiger charge is -2.44. The number of nitrogens with one attached hydrogen (secondary N) is 1. The quantitative estimate of drug-likeness (QED) is 0.847. The molecule has 1 aromatic rings. The summed E-state index contributed by atoms with van der Waals surface area (Å²) in [5.74, 6) is 0. The molecule has 0 spiro atoms. The van der Waals surface area contributed by atoms with E-state index in [1.54, 1.807) is 0 Å². The van der Waals surface area contributed by atoms with Gasteiger partial charge < -0.3 is 5.32 Å². The monoisotopic (exact) mass is 224 g/mol. The van der Waals surface area contributed by atoms with Crippen LogP contribution in [-0.2, 0) is 6.54 Å². The van der Waals surface area contributed by atoms with E-state index in [4.69, 9.17) is 0 Å². The van der Waals surface area contributed by atoms with E-state index in [-0.39, 0.29) is 0 Å². The highest BCUT2D eigenvalue weighted by molar-refractivity contribution is 7.09. The zero-order chi connectivity index (χ0) is 10.7. The molecule has 0 bridgehead atoms. The smallest absolute Gasteiger partial charge is 0.0334 e. The molecule has 0 radical (unpaired) electrons. The fourth-order valence-corrected chi connectivity index (χ4v) is 2.88. The average molecular weight is 224 g/mol. The van der Waals surface area contributed by atoms with Gasteiger partial charge in [-0.3, -0.25) is 4.90 Å². The minimum atomic E-state index is 0.336. The number of hydrogen-bond donors (Lipinski definition) is 1. The standard InChI is InChI=1S/C12H20N2S/c1-3-12(2)10-13-6-7-14(12)9-11-5-4-8-15-11/h4-5,8,13H,3,6-7,9-10H2,1-2H3. The van der Waals surface area contributed by atoms with Gasteiger partial charge in [0.1, 0.15) is 0 Å². The van der Waals surface area contributed by atoms with Crippen molar-refractivity contribution in [1.29, 1.82) is 0 Å². The van der Waals surface area contributed by atoms with Crippen LogP contribution in [0.5, 0.6) is 0 Å². The van der Waals surface area contributed by atoms with Crippen LogP contribution in [0.2, 0.25) is 0 Å². The topological polar surface area (TPSA) is 15.3 Å². The Balaban J connectivity index is 2.05. The molecule has 2 heterocycles. The Kier molecular flexibility index (Phi) is 3.44. The normalized spacial score (nSPS) is 28.1. The first kappa shape index (κ1) is 11.1. The first-order valence-electron chi connectivity index (χ1n) is 5.73. The highest BCUT2D eigenvalue weighted by Gasteiger charge is 2.32. The maximum atomic E-state index is 3.50. The third-order valence-corrected chi connectivity index (χ3v) is 4.38. The van der Waals surface area contributed by atoms with Crippen molar-refractivity contribution in [1.82, 2.24) is 10.2 Å². The minimum absolute atomic E-state index is 0.336. The molecule has 0 amide bonds. The summed E-state index contributed by atoms with van der Waals surface area (Å²) in [6, 6.07) is 4.38. The lowest BCUT2D eigenvalue weighted by Crippen LogP contribution is -2.58. The van der Waals surface area contributed by atoms with Crippen molar-refractivity contribution in [3.8, 4) is 0 Å². The zero-order valence-corrected chi connectivity index (χ0v) is 10.4. The van der Waals surface area contributed by atoms with Crippen molar-refractivity contribution < 1.29 is 0 Å². The fraction of sp³-hybridized carbons (Fsp3) is 0.667. The zero-order valence-electron chi connectivity index (χ0n) is 9.62. The number of rotatable bonds is 3. The van der Waals surface area contributed by atoms with Crippen LogP contribution in [0.25, 0.3) is 0 Å². The van der Waals surface area contributed by atoms with E-state index in [2.05, 4.69) is 41.6 Å². The van der Waals surface area contributed by atoms with Crippen molar-refractivity contribution >= 4 is 11.3 Å². The van der Waals surface area contributed by atoms with Gasteiger partial charge in [0.25, 0.3) is 0 Å². The van der Waals surface area contributed by atoms with Crippen LogP contribution in [0, 0.1) is 0 Å². The Morgan fingerprint density at radius 1 is 1.60 bits per heavy atom. The molecule has 3 heteroatoms. The van der Waals surface area contributed by atoms with Crippen molar-refractivity contribution in [2.24, 2.45) is 0 Å². The molecule has 84 valence electrons. The van der Waals surface area contributed by atoms with Crippen molar-refractivity contribution in [2.45, 2.75) is 32.4 Å². The predicted octanol–water partition coefficient (Wildman–Crippen LogP) is 2.32. The van der Waals surface area contributed by atoms with E-state index in [0.717, 1.165) is 19.6 Å². The largest absolute Gasteiger partial charge is 0.314 e. The van der Waals surface area contributed by atoms with Gasteiger partial charge in [0.15, 0.2) is 0 Å². The predicted molar refractivity (Wildman–Crippen MR) is 66.3 cm³/mol. The minimum Gasteiger partial charge on any atom is -0.314 e. The number of piperazine rings is 1. The van der Waals surface area contributed by atoms with Crippen LogP contribution in [0.15, 0.2) is 17.5 Å². The summed E-state index contributed by atoms with van der Waals surface area (Å²) in [5, 5.41) is 5.67. The SMILES string of the molecule is CCC1(C)CNCCN1Cc1cccs1. The Hall–Kier alpha value is -0.380. The van der Waals surface area contributed by atoms with E-state index in [9.17, 15) is 0 Å². The van der Waals surface area contributed by atoms with Crippen molar-refractivity contribution in [3.05, 3.63) is 22.4 Å². The maximum absolute atomic E-state index is 3.50. The van der Waals surface area contributed by atoms with Crippen LogP contribution >= 0.6 is 11.3 Å². The van der Waals surface area contributed by atoms with E-state index >= 15 is 0 Å². The molecule has 1 unspecified atom stereocenters. The molecule has 2 nitrogen and oxygen atoms in total. The second-order valence-electron chi connectivity index (χ2n) is 4.53. The molecule has 15 heavy (non-hydrogen) atoms. The van der Waals surface area contributed by atoms with Gasteiger partial charge >= 0.3 is 0 Å². The van der Waals surface area contributed by atoms with Gasteiger partial charge in [-0.1, -0.05) is 13.0 Å². The second-order valence-corrected chi connectivity index (χ2v) is 5.56. The fourth-order valence-electron chi connectivity index (χ4n) is 2.16. The summed E-state index contributed by atoms with van der Waals surface area (Å²) in [4.78, 5) is 4.10. The lowest BCUT2D eigenvalue weighted by molar-refractivity contribution is 0.0648. The van der Waals surface area contributed by atoms with Crippen LogP contribution in [0.1, 0.15) is 25.1 Å². The molecule has 2 rings (SSSR count). The molecule has 0 aromatic carbocycles. The first-order valence-corrected chi connectivity index (χ1v) is 6.61. The summed E-state index contributed by atoms with van der Waals surface area (Å²) in [6.07, 6.45) is 1.21. The number of thiophene rings is 1. The summed E-state index contributed by atoms with van der Waals surface area (Å²) >= 11 is 1.87. The Morgan fingerprint density at radius 3 is 3.13 bits per heavy atom. The summed E-state index contributed by atoms with van der Waals surface area (Å²) < 4.78 is 0. The summed E-state index contributed by atoms with van der Waals surface area (Å²) in [5.41, 5.74) is 0.336. The highest BCUT2D eigenvalue weighted by Crippen LogP contribution is 2.24. The summed E-state index contributed by atoms with van der Waals surface area (Å²) in [7, 11) is 0. The van der Waals surface area contributed by atoms with Gasteiger partial charge in [0.2, 0.25) is 0 Å². The summed E-state index contributed by atoms with van der Waals surface area (Å²) in [6.45, 7) is 9.18. The van der Waals surface area contributed by atoms with Crippen LogP contribution < -0.4 is 5.32 Å². The lowest BCUT2D eigenvalue weighted by atomic mass is 9.94. The molecule has 1 aliphatic heterocycles. The third kappa shape index (κ3) is 2.41. The Bertz CT molecular complexity index is 297. The van der Waals surface area contributed by atoms with Crippen LogP contribution in [-0.4, -0.2) is 30.1 Å². The first-order chi connectivity index (χ1) is 7.24. The molecular formula is C12H20N2S. The van der Waals surface area contributed by atoms with Gasteiger partial charge in [0.05, 0.1) is 0 Å². The Labute approximate surface area is 96.3 Å². The number of hydrogen-bond acceptors (Lipinski definition) is 3. The van der Waals surface area contributed by atoms with Gasteiger partial charge in [0, 0.05) is 36.6 Å². The highest BCUT2D eigenvalue weighted by atomic mass is 32.1. The molecule has 1 aromatic heterocycles. The molecular weight excluding hydrogens is 204 g/mol. The van der Waals surface area contributed by atoms with E-state index < -0.39 is 0 Å². The second kappa shape index (κ2) is 4.64. The van der Waals surface area contributed by atoms with E-state index in [0.29, 0.717) is 5.54 Å². The molecule has 1 N–H and O–H groups in total. The van der Waals surface area contributed by atoms with Gasteiger partial charge in [-0.2, -0.15) is 0 Å². The molecule has 1 aliphatic rings. The Morgan fingerprint density at radius 2 is 2.47 bits per heavy atom. The molecule has 1 saturated heterocycles.